The van der Waals surface area contributed by atoms with E-state index < -0.39 is 15.8 Å². The van der Waals surface area contributed by atoms with Gasteiger partial charge in [-0.25, -0.2) is 21.9 Å². The molecule has 1 aliphatic heterocycles. The number of carbonyl (C=O) groups excluding carboxylic acids is 1. The molecule has 5 nitrogen and oxygen atoms in total. The Kier molecular flexibility index (Phi) is 5.33. The molecule has 1 saturated heterocycles. The second-order valence-electron chi connectivity index (χ2n) is 6.28. The minimum atomic E-state index is -3.75. The number of amides is 1. The molecule has 0 saturated carbocycles. The van der Waals surface area contributed by atoms with Gasteiger partial charge in [-0.15, -0.1) is 0 Å². The molecule has 1 aliphatic rings. The lowest BCUT2D eigenvalue weighted by Gasteiger charge is -2.17. The van der Waals surface area contributed by atoms with E-state index in [0.717, 1.165) is 17.7 Å². The van der Waals surface area contributed by atoms with E-state index in [9.17, 15) is 22.0 Å². The third-order valence-corrected chi connectivity index (χ3v) is 5.71. The molecule has 26 heavy (non-hydrogen) atoms. The van der Waals surface area contributed by atoms with Crippen molar-refractivity contribution < 1.29 is 22.0 Å². The average molecular weight is 380 g/mol. The molecule has 1 amide bonds. The molecule has 0 unspecified atom stereocenters. The molecule has 8 heteroatoms. The minimum absolute atomic E-state index is 0.0219. The molecule has 1 atom stereocenters. The number of benzene rings is 2. The summed E-state index contributed by atoms with van der Waals surface area (Å²) in [4.78, 5) is 13.7. The number of rotatable bonds is 6. The van der Waals surface area contributed by atoms with Crippen LogP contribution in [0.15, 0.2) is 53.4 Å². The van der Waals surface area contributed by atoms with Crippen molar-refractivity contribution in [1.82, 2.24) is 9.62 Å². The minimum Gasteiger partial charge on any atom is -0.338 e. The van der Waals surface area contributed by atoms with Gasteiger partial charge in [0.1, 0.15) is 11.6 Å². The molecule has 0 aliphatic carbocycles. The number of likely N-dealkylation sites (tertiary alicyclic amines) is 1. The van der Waals surface area contributed by atoms with Crippen molar-refractivity contribution in [1.29, 1.82) is 0 Å². The molecule has 1 heterocycles. The number of carbonyl (C=O) groups is 1. The van der Waals surface area contributed by atoms with Crippen LogP contribution in [0.4, 0.5) is 8.78 Å². The lowest BCUT2D eigenvalue weighted by Crippen LogP contribution is -2.31. The van der Waals surface area contributed by atoms with Gasteiger partial charge in [-0.2, -0.15) is 0 Å². The summed E-state index contributed by atoms with van der Waals surface area (Å²) in [5.74, 6) is -1.07. The monoisotopic (exact) mass is 380 g/mol. The highest BCUT2D eigenvalue weighted by Gasteiger charge is 2.30. The average Bonchev–Trinajstić information content (AvgIpc) is 2.95. The van der Waals surface area contributed by atoms with Gasteiger partial charge in [0.05, 0.1) is 4.90 Å². The van der Waals surface area contributed by atoms with Crippen LogP contribution < -0.4 is 4.72 Å². The van der Waals surface area contributed by atoms with Crippen molar-refractivity contribution >= 4 is 15.9 Å². The van der Waals surface area contributed by atoms with Crippen molar-refractivity contribution in [3.63, 3.8) is 0 Å². The second-order valence-corrected chi connectivity index (χ2v) is 8.04. The molecule has 138 valence electrons. The molecule has 0 bridgehead atoms. The Balaban J connectivity index is 1.57. The molecular formula is C18H18F2N2O3S. The maximum atomic E-state index is 12.9. The first-order valence-corrected chi connectivity index (χ1v) is 9.59. The highest BCUT2D eigenvalue weighted by molar-refractivity contribution is 7.89. The first kappa shape index (κ1) is 18.5. The Bertz CT molecular complexity index is 884. The normalized spacial score (nSPS) is 17.7. The zero-order valence-electron chi connectivity index (χ0n) is 13.9. The van der Waals surface area contributed by atoms with Gasteiger partial charge in [-0.3, -0.25) is 4.79 Å². The van der Waals surface area contributed by atoms with Crippen molar-refractivity contribution in [2.75, 3.05) is 13.1 Å². The molecule has 3 rings (SSSR count). The Labute approximate surface area is 150 Å². The third kappa shape index (κ3) is 4.44. The number of nitrogens with zero attached hydrogens (tertiary/aromatic N) is 1. The van der Waals surface area contributed by atoms with Gasteiger partial charge < -0.3 is 4.90 Å². The molecule has 0 aromatic heterocycles. The van der Waals surface area contributed by atoms with Crippen molar-refractivity contribution in [2.45, 2.75) is 17.9 Å². The summed E-state index contributed by atoms with van der Waals surface area (Å²) in [5, 5.41) is 0. The smallest absolute Gasteiger partial charge is 0.240 e. The van der Waals surface area contributed by atoms with Crippen molar-refractivity contribution in [3.05, 3.63) is 65.7 Å². The lowest BCUT2D eigenvalue weighted by molar-refractivity contribution is -0.128. The Morgan fingerprint density at radius 3 is 2.19 bits per heavy atom. The van der Waals surface area contributed by atoms with Crippen molar-refractivity contribution in [3.8, 4) is 0 Å². The second kappa shape index (κ2) is 7.51. The highest BCUT2D eigenvalue weighted by Crippen LogP contribution is 2.20. The van der Waals surface area contributed by atoms with E-state index >= 15 is 0 Å². The van der Waals surface area contributed by atoms with Crippen LogP contribution >= 0.6 is 0 Å². The van der Waals surface area contributed by atoms with Gasteiger partial charge in [-0.1, -0.05) is 12.1 Å². The highest BCUT2D eigenvalue weighted by atomic mass is 32.2. The third-order valence-electron chi connectivity index (χ3n) is 4.27. The van der Waals surface area contributed by atoms with E-state index in [0.29, 0.717) is 13.1 Å². The van der Waals surface area contributed by atoms with Crippen LogP contribution in [0.25, 0.3) is 0 Å². The predicted molar refractivity (Wildman–Crippen MR) is 91.5 cm³/mol. The Morgan fingerprint density at radius 1 is 1.00 bits per heavy atom. The number of sulfonamides is 1. The summed E-state index contributed by atoms with van der Waals surface area (Å²) < 4.78 is 52.8. The largest absolute Gasteiger partial charge is 0.338 e. The van der Waals surface area contributed by atoms with Crippen LogP contribution in [0, 0.1) is 17.6 Å². The van der Waals surface area contributed by atoms with E-state index in [-0.39, 0.29) is 35.5 Å². The molecular weight excluding hydrogens is 362 g/mol. The zero-order valence-corrected chi connectivity index (χ0v) is 14.7. The summed E-state index contributed by atoms with van der Waals surface area (Å²) >= 11 is 0. The van der Waals surface area contributed by atoms with Gasteiger partial charge in [0, 0.05) is 26.1 Å². The maximum Gasteiger partial charge on any atom is 0.240 e. The fraction of sp³-hybridized carbons (Fsp3) is 0.278. The fourth-order valence-electron chi connectivity index (χ4n) is 2.88. The molecule has 2 aromatic carbocycles. The number of hydrogen-bond donors (Lipinski definition) is 1. The fourth-order valence-corrected chi connectivity index (χ4v) is 3.99. The van der Waals surface area contributed by atoms with Crippen LogP contribution in [0.3, 0.4) is 0 Å². The SMILES string of the molecule is O=C1C[C@H](CNS(=O)(=O)c2ccc(F)cc2)CN1Cc1ccc(F)cc1. The number of hydrogen-bond acceptors (Lipinski definition) is 3. The topological polar surface area (TPSA) is 66.5 Å². The van der Waals surface area contributed by atoms with Crippen LogP contribution in [0.1, 0.15) is 12.0 Å². The van der Waals surface area contributed by atoms with Gasteiger partial charge in [-0.05, 0) is 47.9 Å². The Hall–Kier alpha value is -2.32. The molecule has 0 spiro atoms. The summed E-state index contributed by atoms with van der Waals surface area (Å²) in [7, 11) is -3.75. The lowest BCUT2D eigenvalue weighted by atomic mass is 10.1. The van der Waals surface area contributed by atoms with E-state index in [4.69, 9.17) is 0 Å². The summed E-state index contributed by atoms with van der Waals surface area (Å²) in [5.41, 5.74) is 0.812. The number of halogens is 2. The summed E-state index contributed by atoms with van der Waals surface area (Å²) in [6.45, 7) is 0.897. The molecule has 2 aromatic rings. The van der Waals surface area contributed by atoms with Crippen LogP contribution in [-0.4, -0.2) is 32.3 Å². The summed E-state index contributed by atoms with van der Waals surface area (Å²) in [6, 6.07) is 10.5. The van der Waals surface area contributed by atoms with Gasteiger partial charge in [0.15, 0.2) is 0 Å². The van der Waals surface area contributed by atoms with E-state index in [2.05, 4.69) is 4.72 Å². The zero-order chi connectivity index (χ0) is 18.7. The standard InChI is InChI=1S/C18H18F2N2O3S/c19-15-3-1-13(2-4-15)11-22-12-14(9-18(22)23)10-21-26(24,25)17-7-5-16(20)6-8-17/h1-8,14,21H,9-12H2/t14-/m1/s1. The molecule has 1 fully saturated rings. The Morgan fingerprint density at radius 2 is 1.58 bits per heavy atom. The first-order chi connectivity index (χ1) is 12.3. The quantitative estimate of drug-likeness (QED) is 0.836. The van der Waals surface area contributed by atoms with Crippen LogP contribution in [-0.2, 0) is 21.4 Å². The van der Waals surface area contributed by atoms with E-state index in [1.807, 2.05) is 0 Å². The van der Waals surface area contributed by atoms with Gasteiger partial charge in [0.2, 0.25) is 15.9 Å². The van der Waals surface area contributed by atoms with Crippen molar-refractivity contribution in [2.24, 2.45) is 5.92 Å². The molecule has 1 N–H and O–H groups in total. The maximum absolute atomic E-state index is 12.9. The number of nitrogens with one attached hydrogen (secondary N) is 1. The van der Waals surface area contributed by atoms with Gasteiger partial charge >= 0.3 is 0 Å². The predicted octanol–water partition coefficient (Wildman–Crippen LogP) is 2.29. The molecule has 0 radical (unpaired) electrons. The summed E-state index contributed by atoms with van der Waals surface area (Å²) in [6.07, 6.45) is 0.243. The first-order valence-electron chi connectivity index (χ1n) is 8.11. The van der Waals surface area contributed by atoms with E-state index in [1.54, 1.807) is 17.0 Å². The van der Waals surface area contributed by atoms with Crippen LogP contribution in [0.5, 0.6) is 0 Å². The van der Waals surface area contributed by atoms with Crippen LogP contribution in [0.2, 0.25) is 0 Å². The van der Waals surface area contributed by atoms with E-state index in [1.165, 1.54) is 24.3 Å². The van der Waals surface area contributed by atoms with Gasteiger partial charge in [0.25, 0.3) is 0 Å².